The first kappa shape index (κ1) is 13.1. The van der Waals surface area contributed by atoms with Crippen molar-refractivity contribution in [3.8, 4) is 0 Å². The largest absolute Gasteiger partial charge is 0.481 e. The van der Waals surface area contributed by atoms with Crippen molar-refractivity contribution in [1.82, 2.24) is 0 Å². The van der Waals surface area contributed by atoms with E-state index in [4.69, 9.17) is 27.9 Å². The quantitative estimate of drug-likeness (QED) is 0.730. The number of hydrogen-bond donors (Lipinski definition) is 0. The summed E-state index contributed by atoms with van der Waals surface area (Å²) in [6.45, 7) is 2.59. The van der Waals surface area contributed by atoms with E-state index in [2.05, 4.69) is 4.99 Å². The van der Waals surface area contributed by atoms with Crippen molar-refractivity contribution >= 4 is 46.5 Å². The van der Waals surface area contributed by atoms with Gasteiger partial charge in [-0.1, -0.05) is 23.2 Å². The van der Waals surface area contributed by atoms with Crippen molar-refractivity contribution < 1.29 is 4.74 Å². The molecule has 0 saturated heterocycles. The normalized spacial score (nSPS) is 15.6. The van der Waals surface area contributed by atoms with Crippen LogP contribution in [0, 0.1) is 0 Å². The topological polar surface area (TPSA) is 21.6 Å². The van der Waals surface area contributed by atoms with Crippen molar-refractivity contribution in [3.05, 3.63) is 22.2 Å². The lowest BCUT2D eigenvalue weighted by molar-refractivity contribution is 0.317. The van der Waals surface area contributed by atoms with Gasteiger partial charge in [0.25, 0.3) is 0 Å². The Morgan fingerprint density at radius 1 is 1.41 bits per heavy atom. The molecule has 0 saturated carbocycles. The van der Waals surface area contributed by atoms with Crippen molar-refractivity contribution in [2.24, 2.45) is 4.99 Å². The molecule has 2 rings (SSSR count). The minimum Gasteiger partial charge on any atom is -0.481 e. The molecular formula is C12H13Cl2NOS. The number of rotatable bonds is 1. The first-order chi connectivity index (χ1) is 8.20. The summed E-state index contributed by atoms with van der Waals surface area (Å²) in [5, 5.41) is 1.23. The van der Waals surface area contributed by atoms with Crippen LogP contribution >= 0.6 is 35.0 Å². The van der Waals surface area contributed by atoms with Gasteiger partial charge in [0.2, 0.25) is 0 Å². The number of hydrogen-bond acceptors (Lipinski definition) is 3. The monoisotopic (exact) mass is 289 g/mol. The van der Waals surface area contributed by atoms with E-state index in [9.17, 15) is 0 Å². The van der Waals surface area contributed by atoms with Crippen LogP contribution < -0.4 is 0 Å². The van der Waals surface area contributed by atoms with Crippen LogP contribution in [0.3, 0.4) is 0 Å². The first-order valence-corrected chi connectivity index (χ1v) is 7.27. The molecule has 0 amide bonds. The molecule has 0 aliphatic carbocycles. The molecule has 17 heavy (non-hydrogen) atoms. The summed E-state index contributed by atoms with van der Waals surface area (Å²) in [5.74, 6) is 1.79. The van der Waals surface area contributed by atoms with Gasteiger partial charge in [0.05, 0.1) is 17.3 Å². The van der Waals surface area contributed by atoms with Crippen LogP contribution in [-0.2, 0) is 4.74 Å². The number of nitrogens with zero attached hydrogens (tertiary/aromatic N) is 1. The van der Waals surface area contributed by atoms with Gasteiger partial charge in [0, 0.05) is 16.3 Å². The van der Waals surface area contributed by atoms with E-state index in [1.54, 1.807) is 17.8 Å². The van der Waals surface area contributed by atoms with E-state index < -0.39 is 0 Å². The molecule has 92 valence electrons. The third kappa shape index (κ3) is 3.30. The highest BCUT2D eigenvalue weighted by Crippen LogP contribution is 2.40. The Morgan fingerprint density at radius 3 is 3.00 bits per heavy atom. The van der Waals surface area contributed by atoms with E-state index in [0.29, 0.717) is 16.7 Å². The van der Waals surface area contributed by atoms with Gasteiger partial charge in [-0.05, 0) is 31.2 Å². The molecule has 0 unspecified atom stereocenters. The highest BCUT2D eigenvalue weighted by Gasteiger charge is 2.14. The Morgan fingerprint density at radius 2 is 2.24 bits per heavy atom. The van der Waals surface area contributed by atoms with Crippen LogP contribution in [0.15, 0.2) is 22.0 Å². The predicted molar refractivity (Wildman–Crippen MR) is 75.1 cm³/mol. The molecule has 5 heteroatoms. The van der Waals surface area contributed by atoms with Gasteiger partial charge in [0.15, 0.2) is 5.90 Å². The van der Waals surface area contributed by atoms with Crippen molar-refractivity contribution in [3.63, 3.8) is 0 Å². The second-order valence-electron chi connectivity index (χ2n) is 3.62. The summed E-state index contributed by atoms with van der Waals surface area (Å²) in [6, 6.07) is 3.63. The fraction of sp³-hybridized carbons (Fsp3) is 0.417. The highest BCUT2D eigenvalue weighted by molar-refractivity contribution is 7.99. The first-order valence-electron chi connectivity index (χ1n) is 5.53. The summed E-state index contributed by atoms with van der Waals surface area (Å²) in [5.41, 5.74) is 0.782. The lowest BCUT2D eigenvalue weighted by Gasteiger charge is -2.14. The molecule has 0 N–H and O–H groups in total. The fourth-order valence-corrected chi connectivity index (χ4v) is 3.29. The number of halogens is 2. The van der Waals surface area contributed by atoms with Gasteiger partial charge in [-0.15, -0.1) is 11.8 Å². The van der Waals surface area contributed by atoms with Crippen LogP contribution in [0.5, 0.6) is 0 Å². The van der Waals surface area contributed by atoms with Crippen molar-refractivity contribution in [2.45, 2.75) is 24.7 Å². The summed E-state index contributed by atoms with van der Waals surface area (Å²) < 4.78 is 5.51. The standard InChI is InChI=1S/C12H13Cl2NOS/c1-2-16-11-4-3-5-17-10-7-8(13)6-9(14)12(10)15-11/h6-7H,2-5H2,1H3. The maximum absolute atomic E-state index is 6.18. The summed E-state index contributed by atoms with van der Waals surface area (Å²) in [4.78, 5) is 5.54. The zero-order chi connectivity index (χ0) is 12.3. The van der Waals surface area contributed by atoms with Crippen LogP contribution in [0.1, 0.15) is 19.8 Å². The van der Waals surface area contributed by atoms with Crippen molar-refractivity contribution in [2.75, 3.05) is 12.4 Å². The lowest BCUT2D eigenvalue weighted by atomic mass is 10.3. The van der Waals surface area contributed by atoms with E-state index in [1.165, 1.54) is 0 Å². The summed E-state index contributed by atoms with van der Waals surface area (Å²) in [6.07, 6.45) is 1.91. The SMILES string of the molecule is CCOC1=Nc2c(Cl)cc(Cl)cc2SCCC1. The van der Waals surface area contributed by atoms with E-state index >= 15 is 0 Å². The molecule has 1 aliphatic heterocycles. The van der Waals surface area contributed by atoms with E-state index in [1.807, 2.05) is 13.0 Å². The van der Waals surface area contributed by atoms with Gasteiger partial charge >= 0.3 is 0 Å². The van der Waals surface area contributed by atoms with Gasteiger partial charge in [-0.3, -0.25) is 0 Å². The summed E-state index contributed by atoms with van der Waals surface area (Å²) >= 11 is 13.9. The zero-order valence-electron chi connectivity index (χ0n) is 9.50. The second-order valence-corrected chi connectivity index (χ2v) is 5.61. The maximum atomic E-state index is 6.18. The van der Waals surface area contributed by atoms with Gasteiger partial charge in [-0.2, -0.15) is 0 Å². The molecule has 1 aromatic carbocycles. The highest BCUT2D eigenvalue weighted by atomic mass is 35.5. The number of ether oxygens (including phenoxy) is 1. The van der Waals surface area contributed by atoms with Crippen LogP contribution in [0.25, 0.3) is 0 Å². The number of benzene rings is 1. The van der Waals surface area contributed by atoms with Crippen LogP contribution in [-0.4, -0.2) is 18.3 Å². The Hall–Kier alpha value is -0.380. The third-order valence-corrected chi connectivity index (χ3v) is 3.95. The average Bonchev–Trinajstić information content (AvgIpc) is 2.25. The predicted octanol–water partition coefficient (Wildman–Crippen LogP) is 4.95. The van der Waals surface area contributed by atoms with Crippen molar-refractivity contribution in [1.29, 1.82) is 0 Å². The minimum atomic E-state index is 0.583. The van der Waals surface area contributed by atoms with Gasteiger partial charge < -0.3 is 4.74 Å². The summed E-state index contributed by atoms with van der Waals surface area (Å²) in [7, 11) is 0. The molecule has 0 spiro atoms. The molecule has 0 radical (unpaired) electrons. The number of fused-ring (bicyclic) bond motifs is 1. The number of aliphatic imine (C=N–C) groups is 1. The molecule has 0 atom stereocenters. The number of thioether (sulfide) groups is 1. The molecule has 1 aliphatic rings. The van der Waals surface area contributed by atoms with Crippen LogP contribution in [0.2, 0.25) is 10.0 Å². The molecule has 1 aromatic rings. The van der Waals surface area contributed by atoms with Gasteiger partial charge in [-0.25, -0.2) is 4.99 Å². The van der Waals surface area contributed by atoms with Crippen LogP contribution in [0.4, 0.5) is 5.69 Å². The third-order valence-electron chi connectivity index (χ3n) is 2.33. The van der Waals surface area contributed by atoms with E-state index in [-0.39, 0.29) is 0 Å². The zero-order valence-corrected chi connectivity index (χ0v) is 11.8. The molecule has 0 bridgehead atoms. The Bertz CT molecular complexity index is 448. The fourth-order valence-electron chi connectivity index (χ4n) is 1.62. The Balaban J connectivity index is 2.44. The molecular weight excluding hydrogens is 277 g/mol. The Kier molecular flexibility index (Phi) is 4.60. The van der Waals surface area contributed by atoms with Gasteiger partial charge in [0.1, 0.15) is 0 Å². The second kappa shape index (κ2) is 5.98. The van der Waals surface area contributed by atoms with E-state index in [0.717, 1.165) is 35.1 Å². The molecule has 2 nitrogen and oxygen atoms in total. The molecule has 0 aromatic heterocycles. The smallest absolute Gasteiger partial charge is 0.188 e. The molecule has 0 fully saturated rings. The average molecular weight is 290 g/mol. The minimum absolute atomic E-state index is 0.583. The lowest BCUT2D eigenvalue weighted by Crippen LogP contribution is -2.06. The molecule has 1 heterocycles. The maximum Gasteiger partial charge on any atom is 0.188 e. The Labute approximate surface area is 115 Å².